The van der Waals surface area contributed by atoms with Crippen molar-refractivity contribution in [2.24, 2.45) is 0 Å². The standard InChI is InChI=1S/C22H28N2O/c1-3-22(25)23-16-11-17-24(4-2,18-20-12-7-5-8-13-20)19-21-14-9-6-10-15-21/h3,5-10,12-15H,1,4,11,16-19H2,2H3/p+1. The molecule has 3 nitrogen and oxygen atoms in total. The molecule has 0 radical (unpaired) electrons. The van der Waals surface area contributed by atoms with Crippen LogP contribution in [0.4, 0.5) is 0 Å². The largest absolute Gasteiger partial charge is 0.352 e. The average molecular weight is 337 g/mol. The molecule has 0 spiro atoms. The molecule has 2 rings (SSSR count). The van der Waals surface area contributed by atoms with Crippen LogP contribution < -0.4 is 5.32 Å². The molecule has 25 heavy (non-hydrogen) atoms. The summed E-state index contributed by atoms with van der Waals surface area (Å²) < 4.78 is 0.984. The second kappa shape index (κ2) is 9.80. The van der Waals surface area contributed by atoms with Crippen LogP contribution >= 0.6 is 0 Å². The molecule has 0 aliphatic heterocycles. The smallest absolute Gasteiger partial charge is 0.243 e. The number of quaternary nitrogens is 1. The van der Waals surface area contributed by atoms with Crippen LogP contribution in [0, 0.1) is 0 Å². The van der Waals surface area contributed by atoms with E-state index < -0.39 is 0 Å². The maximum Gasteiger partial charge on any atom is 0.243 e. The van der Waals surface area contributed by atoms with Gasteiger partial charge in [0.15, 0.2) is 0 Å². The summed E-state index contributed by atoms with van der Waals surface area (Å²) in [5.74, 6) is -0.0966. The van der Waals surface area contributed by atoms with Crippen molar-refractivity contribution in [3.63, 3.8) is 0 Å². The second-order valence-electron chi connectivity index (χ2n) is 6.52. The highest BCUT2D eigenvalue weighted by atomic mass is 16.1. The summed E-state index contributed by atoms with van der Waals surface area (Å²) in [6.45, 7) is 10.5. The van der Waals surface area contributed by atoms with Crippen LogP contribution in [0.15, 0.2) is 73.3 Å². The topological polar surface area (TPSA) is 29.1 Å². The number of nitrogens with one attached hydrogen (secondary N) is 1. The van der Waals surface area contributed by atoms with Gasteiger partial charge in [0, 0.05) is 24.1 Å². The monoisotopic (exact) mass is 337 g/mol. The Hall–Kier alpha value is -2.39. The minimum atomic E-state index is -0.0966. The summed E-state index contributed by atoms with van der Waals surface area (Å²) in [6.07, 6.45) is 2.28. The summed E-state index contributed by atoms with van der Waals surface area (Å²) in [4.78, 5) is 11.4. The lowest BCUT2D eigenvalue weighted by atomic mass is 10.1. The Kier molecular flexibility index (Phi) is 7.42. The van der Waals surface area contributed by atoms with E-state index in [-0.39, 0.29) is 5.91 Å². The van der Waals surface area contributed by atoms with E-state index >= 15 is 0 Å². The minimum Gasteiger partial charge on any atom is -0.352 e. The molecule has 0 atom stereocenters. The Labute approximate surface area is 151 Å². The molecule has 1 amide bonds. The van der Waals surface area contributed by atoms with E-state index in [1.807, 2.05) is 0 Å². The van der Waals surface area contributed by atoms with Gasteiger partial charge in [-0.05, 0) is 13.0 Å². The molecule has 0 aliphatic rings. The van der Waals surface area contributed by atoms with Crippen molar-refractivity contribution in [2.45, 2.75) is 26.4 Å². The fourth-order valence-corrected chi connectivity index (χ4v) is 3.24. The number of carbonyl (C=O) groups is 1. The summed E-state index contributed by atoms with van der Waals surface area (Å²) in [6, 6.07) is 21.3. The van der Waals surface area contributed by atoms with Gasteiger partial charge in [0.1, 0.15) is 13.1 Å². The maximum atomic E-state index is 11.4. The van der Waals surface area contributed by atoms with Crippen LogP contribution in [0.25, 0.3) is 0 Å². The van der Waals surface area contributed by atoms with Crippen LogP contribution in [-0.4, -0.2) is 30.0 Å². The minimum absolute atomic E-state index is 0.0966. The molecule has 0 unspecified atom stereocenters. The molecule has 0 bridgehead atoms. The SMILES string of the molecule is C=CC(=O)NCCC[N+](CC)(Cc1ccccc1)Cc1ccccc1. The van der Waals surface area contributed by atoms with E-state index in [0.29, 0.717) is 6.54 Å². The van der Waals surface area contributed by atoms with Gasteiger partial charge < -0.3 is 9.80 Å². The molecule has 0 saturated heterocycles. The summed E-state index contributed by atoms with van der Waals surface area (Å²) >= 11 is 0. The number of benzene rings is 2. The van der Waals surface area contributed by atoms with Gasteiger partial charge >= 0.3 is 0 Å². The number of hydrogen-bond donors (Lipinski definition) is 1. The lowest BCUT2D eigenvalue weighted by molar-refractivity contribution is -0.952. The van der Waals surface area contributed by atoms with Crippen molar-refractivity contribution in [1.29, 1.82) is 0 Å². The van der Waals surface area contributed by atoms with Gasteiger partial charge in [-0.3, -0.25) is 4.79 Å². The Morgan fingerprint density at radius 3 is 1.96 bits per heavy atom. The third kappa shape index (κ3) is 6.20. The van der Waals surface area contributed by atoms with E-state index in [1.54, 1.807) is 0 Å². The van der Waals surface area contributed by atoms with Crippen molar-refractivity contribution in [1.82, 2.24) is 5.32 Å². The molecule has 0 aromatic heterocycles. The fraction of sp³-hybridized carbons (Fsp3) is 0.318. The van der Waals surface area contributed by atoms with Gasteiger partial charge in [-0.15, -0.1) is 0 Å². The third-order valence-electron chi connectivity index (χ3n) is 4.69. The zero-order valence-corrected chi connectivity index (χ0v) is 15.2. The lowest BCUT2D eigenvalue weighted by Crippen LogP contribution is -2.47. The first-order chi connectivity index (χ1) is 12.2. The Balaban J connectivity index is 2.10. The van der Waals surface area contributed by atoms with E-state index in [4.69, 9.17) is 0 Å². The van der Waals surface area contributed by atoms with Crippen LogP contribution in [0.1, 0.15) is 24.5 Å². The molecule has 0 aliphatic carbocycles. The second-order valence-corrected chi connectivity index (χ2v) is 6.52. The van der Waals surface area contributed by atoms with Crippen LogP contribution in [-0.2, 0) is 17.9 Å². The molecule has 3 heteroatoms. The van der Waals surface area contributed by atoms with E-state index in [9.17, 15) is 4.79 Å². The van der Waals surface area contributed by atoms with E-state index in [1.165, 1.54) is 17.2 Å². The maximum absolute atomic E-state index is 11.4. The number of carbonyl (C=O) groups excluding carboxylic acids is 1. The summed E-state index contributed by atoms with van der Waals surface area (Å²) in [5, 5.41) is 2.89. The van der Waals surface area contributed by atoms with Crippen LogP contribution in [0.2, 0.25) is 0 Å². The predicted molar refractivity (Wildman–Crippen MR) is 104 cm³/mol. The van der Waals surface area contributed by atoms with Crippen molar-refractivity contribution in [3.05, 3.63) is 84.4 Å². The van der Waals surface area contributed by atoms with Crippen molar-refractivity contribution < 1.29 is 9.28 Å². The van der Waals surface area contributed by atoms with Gasteiger partial charge in [-0.1, -0.05) is 67.2 Å². The first kappa shape index (κ1) is 18.9. The molecule has 2 aromatic rings. The molecule has 0 fully saturated rings. The van der Waals surface area contributed by atoms with Gasteiger partial charge in [0.05, 0.1) is 13.1 Å². The molecule has 0 heterocycles. The molecule has 1 N–H and O–H groups in total. The molecular weight excluding hydrogens is 308 g/mol. The fourth-order valence-electron chi connectivity index (χ4n) is 3.24. The van der Waals surface area contributed by atoms with Crippen molar-refractivity contribution in [2.75, 3.05) is 19.6 Å². The Morgan fingerprint density at radius 1 is 1.00 bits per heavy atom. The van der Waals surface area contributed by atoms with Crippen LogP contribution in [0.5, 0.6) is 0 Å². The molecular formula is C22H29N2O+. The Morgan fingerprint density at radius 2 is 1.52 bits per heavy atom. The van der Waals surface area contributed by atoms with E-state index in [2.05, 4.69) is 79.5 Å². The zero-order chi connectivity index (χ0) is 18.0. The lowest BCUT2D eigenvalue weighted by Gasteiger charge is -2.38. The third-order valence-corrected chi connectivity index (χ3v) is 4.69. The average Bonchev–Trinajstić information content (AvgIpc) is 2.66. The highest BCUT2D eigenvalue weighted by molar-refractivity contribution is 5.86. The first-order valence-corrected chi connectivity index (χ1v) is 9.01. The van der Waals surface area contributed by atoms with Crippen LogP contribution in [0.3, 0.4) is 0 Å². The van der Waals surface area contributed by atoms with Crippen molar-refractivity contribution in [3.8, 4) is 0 Å². The van der Waals surface area contributed by atoms with Gasteiger partial charge in [-0.2, -0.15) is 0 Å². The zero-order valence-electron chi connectivity index (χ0n) is 15.2. The van der Waals surface area contributed by atoms with Gasteiger partial charge in [-0.25, -0.2) is 0 Å². The normalized spacial score (nSPS) is 11.1. The predicted octanol–water partition coefficient (Wildman–Crippen LogP) is 3.92. The number of amides is 1. The summed E-state index contributed by atoms with van der Waals surface area (Å²) in [5.41, 5.74) is 2.71. The number of rotatable bonds is 10. The highest BCUT2D eigenvalue weighted by Crippen LogP contribution is 2.20. The highest BCUT2D eigenvalue weighted by Gasteiger charge is 2.26. The number of hydrogen-bond acceptors (Lipinski definition) is 1. The molecule has 0 saturated carbocycles. The van der Waals surface area contributed by atoms with Gasteiger partial charge in [0.25, 0.3) is 0 Å². The quantitative estimate of drug-likeness (QED) is 0.397. The Bertz CT molecular complexity index is 611. The number of nitrogens with zero attached hydrogens (tertiary/aromatic N) is 1. The van der Waals surface area contributed by atoms with E-state index in [0.717, 1.165) is 37.1 Å². The molecule has 2 aromatic carbocycles. The van der Waals surface area contributed by atoms with Crippen molar-refractivity contribution >= 4 is 5.91 Å². The van der Waals surface area contributed by atoms with Gasteiger partial charge in [0.2, 0.25) is 5.91 Å². The molecule has 132 valence electrons. The first-order valence-electron chi connectivity index (χ1n) is 9.01. The summed E-state index contributed by atoms with van der Waals surface area (Å²) in [7, 11) is 0.